The van der Waals surface area contributed by atoms with Crippen LogP contribution in [0.15, 0.2) is 376 Å². The van der Waals surface area contributed by atoms with Crippen molar-refractivity contribution in [3.8, 4) is 111 Å². The smallest absolute Gasteiger partial charge is 0.252 e. The van der Waals surface area contributed by atoms with Crippen LogP contribution < -0.4 is 26.2 Å². The maximum absolute atomic E-state index is 2.80. The van der Waals surface area contributed by atoms with Gasteiger partial charge in [0, 0.05) is 85.3 Å². The molecular formula is C114H89BN2S2. The van der Waals surface area contributed by atoms with Crippen LogP contribution in [-0.2, 0) is 16.2 Å². The molecule has 19 aromatic rings. The Morgan fingerprint density at radius 1 is 0.210 bits per heavy atom. The molecule has 21 rings (SSSR count). The molecule has 2 aliphatic heterocycles. The second-order valence-electron chi connectivity index (χ2n) is 35.5. The van der Waals surface area contributed by atoms with E-state index in [0.29, 0.717) is 0 Å². The van der Waals surface area contributed by atoms with Crippen molar-refractivity contribution in [3.05, 3.63) is 393 Å². The van der Waals surface area contributed by atoms with Crippen LogP contribution >= 0.6 is 22.7 Å². The van der Waals surface area contributed by atoms with E-state index in [9.17, 15) is 0 Å². The number of hydrogen-bond donors (Lipinski definition) is 0. The van der Waals surface area contributed by atoms with Crippen molar-refractivity contribution in [2.45, 2.75) is 78.6 Å². The fourth-order valence-corrected chi connectivity index (χ4v) is 21.0. The molecule has 570 valence electrons. The summed E-state index contributed by atoms with van der Waals surface area (Å²) in [6.45, 7) is 21.3. The van der Waals surface area contributed by atoms with E-state index in [1.54, 1.807) is 0 Å². The molecule has 119 heavy (non-hydrogen) atoms. The van der Waals surface area contributed by atoms with E-state index in [1.165, 1.54) is 140 Å². The van der Waals surface area contributed by atoms with Gasteiger partial charge in [-0.05, 0) is 248 Å². The van der Waals surface area contributed by atoms with Gasteiger partial charge in [0.05, 0.1) is 11.4 Å². The van der Waals surface area contributed by atoms with E-state index in [4.69, 9.17) is 0 Å². The quantitative estimate of drug-likeness (QED) is 0.113. The van der Waals surface area contributed by atoms with Gasteiger partial charge in [0.15, 0.2) is 0 Å². The van der Waals surface area contributed by atoms with Gasteiger partial charge in [0.2, 0.25) is 0 Å². The Labute approximate surface area is 707 Å². The van der Waals surface area contributed by atoms with E-state index in [0.717, 1.165) is 78.6 Å². The van der Waals surface area contributed by atoms with Gasteiger partial charge in [0.1, 0.15) is 0 Å². The Bertz CT molecular complexity index is 6890. The zero-order chi connectivity index (χ0) is 80.6. The third-order valence-electron chi connectivity index (χ3n) is 24.8. The highest BCUT2D eigenvalue weighted by Crippen LogP contribution is 2.58. The molecule has 0 saturated heterocycles. The van der Waals surface area contributed by atoms with E-state index < -0.39 is 0 Å². The summed E-state index contributed by atoms with van der Waals surface area (Å²) in [5, 5.41) is 5.08. The van der Waals surface area contributed by atoms with Gasteiger partial charge in [-0.15, -0.1) is 22.7 Å². The summed E-state index contributed by atoms with van der Waals surface area (Å²) >= 11 is 3.79. The molecule has 0 N–H and O–H groups in total. The molecule has 0 amide bonds. The Balaban J connectivity index is 0.953. The number of anilines is 6. The summed E-state index contributed by atoms with van der Waals surface area (Å²) in [5.74, 6) is 0. The van der Waals surface area contributed by atoms with Crippen molar-refractivity contribution < 1.29 is 0 Å². The van der Waals surface area contributed by atoms with E-state index >= 15 is 0 Å². The van der Waals surface area contributed by atoms with Crippen LogP contribution in [0.3, 0.4) is 0 Å². The van der Waals surface area contributed by atoms with Crippen LogP contribution in [0.25, 0.3) is 152 Å². The highest BCUT2D eigenvalue weighted by Gasteiger charge is 2.47. The Kier molecular flexibility index (Phi) is 17.8. The lowest BCUT2D eigenvalue weighted by molar-refractivity contribution is 0.590. The Morgan fingerprint density at radius 3 is 0.933 bits per heavy atom. The first kappa shape index (κ1) is 73.5. The normalized spacial score (nSPS) is 12.7. The van der Waals surface area contributed by atoms with Crippen molar-refractivity contribution in [3.63, 3.8) is 0 Å². The number of benzene rings is 17. The van der Waals surface area contributed by atoms with Gasteiger partial charge < -0.3 is 9.80 Å². The molecule has 0 fully saturated rings. The molecule has 0 spiro atoms. The zero-order valence-corrected chi connectivity index (χ0v) is 70.2. The van der Waals surface area contributed by atoms with Crippen LogP contribution in [0.4, 0.5) is 34.1 Å². The molecule has 0 atom stereocenters. The highest BCUT2D eigenvalue weighted by molar-refractivity contribution is 7.26. The number of rotatable bonds is 12. The van der Waals surface area contributed by atoms with Gasteiger partial charge >= 0.3 is 0 Å². The Hall–Kier alpha value is -13.2. The van der Waals surface area contributed by atoms with E-state index in [1.807, 2.05) is 22.7 Å². The standard InChI is InChI=1S/C114H89BN2S2/c1-112(2,3)86-66-93(76-42-24-14-25-43-76)110(94(67-86)77-44-26-15-27-45-77)117-100-65-79(85-62-82(74-38-20-12-21-39-74)59-83(63-85)75-40-22-13-23-41-75)54-56-97(100)115-98-64-78(84-60-80(72-34-16-10-17-35-72)58-81(61-84)73-36-18-11-19-37-73)55-57-99(98)116(101-70-88(114(7,8)9)71-102(117)109(101)115)111-95(89-48-32-52-105-107(89)91-46-28-30-50-103(91)118-105)68-87(113(4,5)6)69-96(111)90-49-33-53-106-108(90)92-47-29-31-51-104(92)119-106/h10-71H,1-9H3. The maximum Gasteiger partial charge on any atom is 0.252 e. The van der Waals surface area contributed by atoms with Crippen molar-refractivity contribution in [1.82, 2.24) is 0 Å². The van der Waals surface area contributed by atoms with Crippen LogP contribution in [0.2, 0.25) is 0 Å². The average molecular weight is 1560 g/mol. The van der Waals surface area contributed by atoms with Crippen molar-refractivity contribution in [2.75, 3.05) is 9.80 Å². The predicted octanol–water partition coefficient (Wildman–Crippen LogP) is 31.1. The summed E-state index contributed by atoms with van der Waals surface area (Å²) in [6.07, 6.45) is 0. The van der Waals surface area contributed by atoms with Gasteiger partial charge in [-0.1, -0.05) is 329 Å². The fourth-order valence-electron chi connectivity index (χ4n) is 18.8. The third kappa shape index (κ3) is 12.9. The second-order valence-corrected chi connectivity index (χ2v) is 37.7. The summed E-state index contributed by atoms with van der Waals surface area (Å²) in [5.41, 5.74) is 36.8. The molecule has 2 nitrogen and oxygen atoms in total. The third-order valence-corrected chi connectivity index (χ3v) is 27.1. The lowest BCUT2D eigenvalue weighted by Gasteiger charge is -2.47. The zero-order valence-electron chi connectivity index (χ0n) is 68.6. The minimum atomic E-state index is -0.374. The van der Waals surface area contributed by atoms with Crippen molar-refractivity contribution in [2.24, 2.45) is 0 Å². The lowest BCUT2D eigenvalue weighted by Crippen LogP contribution is -2.61. The molecule has 0 bridgehead atoms. The first-order valence-electron chi connectivity index (χ1n) is 41.8. The molecule has 0 saturated carbocycles. The number of nitrogens with zero attached hydrogens (tertiary/aromatic N) is 2. The first-order valence-corrected chi connectivity index (χ1v) is 43.4. The first-order chi connectivity index (χ1) is 57.9. The topological polar surface area (TPSA) is 6.48 Å². The number of thiophene rings is 2. The largest absolute Gasteiger partial charge is 0.310 e. The number of hydrogen-bond acceptors (Lipinski definition) is 4. The van der Waals surface area contributed by atoms with Gasteiger partial charge in [-0.2, -0.15) is 0 Å². The summed E-state index contributed by atoms with van der Waals surface area (Å²) in [4.78, 5) is 5.57. The molecule has 0 aliphatic carbocycles. The molecule has 5 heteroatoms. The summed E-state index contributed by atoms with van der Waals surface area (Å²) in [6, 6.07) is 144. The van der Waals surface area contributed by atoms with Crippen LogP contribution in [0.5, 0.6) is 0 Å². The molecule has 4 heterocycles. The lowest BCUT2D eigenvalue weighted by atomic mass is 9.33. The number of fused-ring (bicyclic) bond motifs is 10. The molecule has 0 unspecified atom stereocenters. The van der Waals surface area contributed by atoms with Crippen LogP contribution in [0, 0.1) is 0 Å². The van der Waals surface area contributed by atoms with Crippen LogP contribution in [0.1, 0.15) is 79.0 Å². The predicted molar refractivity (Wildman–Crippen MR) is 517 cm³/mol. The molecular weight excluding hydrogens is 1470 g/mol. The van der Waals surface area contributed by atoms with Crippen LogP contribution in [-0.4, -0.2) is 6.71 Å². The molecule has 2 aliphatic rings. The fraction of sp³-hybridized carbons (Fsp3) is 0.105. The minimum Gasteiger partial charge on any atom is -0.310 e. The SMILES string of the molecule is CC(C)(C)c1cc(-c2ccccc2)c(N2c3cc(-c4cc(-c5ccccc5)cc(-c5ccccc5)c4)ccc3B3c4cc(-c5cc(-c6ccccc6)cc(-c6ccccc6)c5)ccc4N(c4c(-c5cccc6sc7ccccc7c56)cc(C(C)(C)C)cc4-c4cccc5sc6ccccc6c45)c4cc(C(C)(C)C)cc2c43)c(-c2ccccc2)c1. The van der Waals surface area contributed by atoms with Crippen molar-refractivity contribution in [1.29, 1.82) is 0 Å². The molecule has 0 radical (unpaired) electrons. The maximum atomic E-state index is 2.80. The van der Waals surface area contributed by atoms with Crippen molar-refractivity contribution >= 4 is 120 Å². The van der Waals surface area contributed by atoms with Gasteiger partial charge in [-0.25, -0.2) is 0 Å². The highest BCUT2D eigenvalue weighted by atomic mass is 32.1. The van der Waals surface area contributed by atoms with Gasteiger partial charge in [0.25, 0.3) is 6.71 Å². The summed E-state index contributed by atoms with van der Waals surface area (Å²) in [7, 11) is 0. The minimum absolute atomic E-state index is 0.225. The monoisotopic (exact) mass is 1560 g/mol. The average Bonchev–Trinajstić information content (AvgIpc) is 0.794. The second kappa shape index (κ2) is 28.9. The van der Waals surface area contributed by atoms with E-state index in [-0.39, 0.29) is 23.0 Å². The van der Waals surface area contributed by atoms with Gasteiger partial charge in [-0.3, -0.25) is 0 Å². The molecule has 2 aromatic heterocycles. The Morgan fingerprint density at radius 2 is 0.529 bits per heavy atom. The molecule has 17 aromatic carbocycles. The van der Waals surface area contributed by atoms with E-state index in [2.05, 4.69) is 448 Å². The summed E-state index contributed by atoms with van der Waals surface area (Å²) < 4.78 is 5.08.